The molecule has 26 heavy (non-hydrogen) atoms. The van der Waals surface area contributed by atoms with E-state index in [0.29, 0.717) is 25.6 Å². The maximum absolute atomic E-state index is 12.2. The Bertz CT molecular complexity index is 763. The number of hydrogen-bond donors (Lipinski definition) is 0. The van der Waals surface area contributed by atoms with Crippen LogP contribution in [0.4, 0.5) is 4.79 Å². The van der Waals surface area contributed by atoms with E-state index >= 15 is 0 Å². The fourth-order valence-corrected chi connectivity index (χ4v) is 3.21. The van der Waals surface area contributed by atoms with E-state index < -0.39 is 0 Å². The summed E-state index contributed by atoms with van der Waals surface area (Å²) in [4.78, 5) is 25.7. The Kier molecular flexibility index (Phi) is 6.04. The molecule has 1 aliphatic rings. The first-order valence-electron chi connectivity index (χ1n) is 9.39. The number of aryl methyl sites for hydroxylation is 1. The van der Waals surface area contributed by atoms with E-state index in [2.05, 4.69) is 16.0 Å². The average Bonchev–Trinajstić information content (AvgIpc) is 2.85. The van der Waals surface area contributed by atoms with E-state index in [1.165, 1.54) is 0 Å². The van der Waals surface area contributed by atoms with Crippen molar-refractivity contribution in [2.24, 2.45) is 5.92 Å². The van der Waals surface area contributed by atoms with Gasteiger partial charge >= 0.3 is 6.09 Å². The number of ether oxygens (including phenoxy) is 1. The van der Waals surface area contributed by atoms with Crippen molar-refractivity contribution in [2.75, 3.05) is 32.8 Å². The zero-order valence-corrected chi connectivity index (χ0v) is 15.9. The molecule has 140 valence electrons. The Morgan fingerprint density at radius 2 is 1.96 bits per heavy atom. The Hall–Kier alpha value is -2.21. The fraction of sp³-hybridized carbons (Fsp3) is 0.550. The quantitative estimate of drug-likeness (QED) is 0.842. The number of carbonyl (C=O) groups is 1. The van der Waals surface area contributed by atoms with Crippen LogP contribution in [0.3, 0.4) is 0 Å². The molecule has 1 amide bonds. The molecule has 0 aliphatic carbocycles. The second kappa shape index (κ2) is 8.45. The largest absolute Gasteiger partial charge is 0.449 e. The number of nitrogens with zero attached hydrogens (tertiary/aromatic N) is 4. The minimum atomic E-state index is -0.196. The average molecular weight is 356 g/mol. The Morgan fingerprint density at radius 1 is 1.15 bits per heavy atom. The van der Waals surface area contributed by atoms with E-state index in [1.807, 2.05) is 43.9 Å². The minimum Gasteiger partial charge on any atom is -0.449 e. The van der Waals surface area contributed by atoms with Crippen LogP contribution in [0.25, 0.3) is 10.9 Å². The van der Waals surface area contributed by atoms with E-state index in [0.717, 1.165) is 48.5 Å². The second-order valence-electron chi connectivity index (χ2n) is 7.33. The molecule has 3 rings (SSSR count). The lowest BCUT2D eigenvalue weighted by molar-refractivity contribution is 0.0930. The third-order valence-corrected chi connectivity index (χ3v) is 4.59. The summed E-state index contributed by atoms with van der Waals surface area (Å²) in [5, 5.41) is 1.10. The zero-order valence-electron chi connectivity index (χ0n) is 15.9. The molecule has 1 aliphatic heterocycles. The second-order valence-corrected chi connectivity index (χ2v) is 7.33. The van der Waals surface area contributed by atoms with Crippen LogP contribution in [-0.4, -0.2) is 58.6 Å². The van der Waals surface area contributed by atoms with Crippen molar-refractivity contribution in [3.63, 3.8) is 0 Å². The van der Waals surface area contributed by atoms with Gasteiger partial charge in [-0.05, 0) is 25.3 Å². The summed E-state index contributed by atoms with van der Waals surface area (Å²) in [6.07, 6.45) is 0.738. The molecule has 1 aromatic carbocycles. The molecule has 1 saturated heterocycles. The van der Waals surface area contributed by atoms with Crippen molar-refractivity contribution >= 4 is 17.0 Å². The van der Waals surface area contributed by atoms with Gasteiger partial charge in [0.1, 0.15) is 5.82 Å². The van der Waals surface area contributed by atoms with Gasteiger partial charge in [-0.2, -0.15) is 0 Å². The van der Waals surface area contributed by atoms with Gasteiger partial charge in [0, 0.05) is 37.3 Å². The highest BCUT2D eigenvalue weighted by molar-refractivity contribution is 5.80. The van der Waals surface area contributed by atoms with Crippen molar-refractivity contribution < 1.29 is 9.53 Å². The van der Waals surface area contributed by atoms with E-state index in [4.69, 9.17) is 9.72 Å². The molecule has 0 atom stereocenters. The summed E-state index contributed by atoms with van der Waals surface area (Å²) >= 11 is 0. The Morgan fingerprint density at radius 3 is 2.77 bits per heavy atom. The predicted molar refractivity (Wildman–Crippen MR) is 102 cm³/mol. The molecule has 0 saturated carbocycles. The molecule has 2 heterocycles. The zero-order chi connectivity index (χ0) is 18.5. The van der Waals surface area contributed by atoms with E-state index in [9.17, 15) is 4.79 Å². The summed E-state index contributed by atoms with van der Waals surface area (Å²) in [6, 6.07) is 8.11. The fourth-order valence-electron chi connectivity index (χ4n) is 3.21. The molecule has 0 unspecified atom stereocenters. The molecular formula is C20H28N4O2. The van der Waals surface area contributed by atoms with Gasteiger partial charge in [-0.15, -0.1) is 0 Å². The number of hydrogen-bond acceptors (Lipinski definition) is 5. The van der Waals surface area contributed by atoms with Gasteiger partial charge in [-0.3, -0.25) is 4.90 Å². The van der Waals surface area contributed by atoms with E-state index in [1.54, 1.807) is 0 Å². The molecule has 0 N–H and O–H groups in total. The van der Waals surface area contributed by atoms with Crippen molar-refractivity contribution in [3.05, 3.63) is 35.8 Å². The lowest BCUT2D eigenvalue weighted by Gasteiger charge is -2.21. The van der Waals surface area contributed by atoms with Gasteiger partial charge in [0.25, 0.3) is 0 Å². The lowest BCUT2D eigenvalue weighted by atomic mass is 10.2. The summed E-state index contributed by atoms with van der Waals surface area (Å²) in [7, 11) is 0. The van der Waals surface area contributed by atoms with Crippen LogP contribution in [0, 0.1) is 12.8 Å². The highest BCUT2D eigenvalue weighted by Gasteiger charge is 2.21. The highest BCUT2D eigenvalue weighted by atomic mass is 16.6. The summed E-state index contributed by atoms with van der Waals surface area (Å²) in [5.74, 6) is 1.20. The normalized spacial score (nSPS) is 16.1. The van der Waals surface area contributed by atoms with E-state index in [-0.39, 0.29) is 6.09 Å². The van der Waals surface area contributed by atoms with Gasteiger partial charge in [-0.25, -0.2) is 14.8 Å². The monoisotopic (exact) mass is 356 g/mol. The molecule has 0 radical (unpaired) electrons. The van der Waals surface area contributed by atoms with Crippen LogP contribution < -0.4 is 0 Å². The first kappa shape index (κ1) is 18.6. The van der Waals surface area contributed by atoms with Crippen molar-refractivity contribution in [2.45, 2.75) is 33.7 Å². The number of amides is 1. The van der Waals surface area contributed by atoms with Gasteiger partial charge in [0.15, 0.2) is 0 Å². The number of benzene rings is 1. The number of para-hydroxylation sites is 1. The van der Waals surface area contributed by atoms with Crippen LogP contribution in [0.2, 0.25) is 0 Å². The van der Waals surface area contributed by atoms with Gasteiger partial charge in [0.2, 0.25) is 0 Å². The number of carbonyl (C=O) groups excluding carboxylic acids is 1. The molecule has 2 aromatic rings. The maximum atomic E-state index is 12.2. The summed E-state index contributed by atoms with van der Waals surface area (Å²) in [6.45, 7) is 10.5. The SMILES string of the molecule is Cc1nc(CN2CCCN(C(=O)OCC(C)C)CC2)nc2ccccc12. The third-order valence-electron chi connectivity index (χ3n) is 4.59. The molecule has 0 bridgehead atoms. The molecule has 1 fully saturated rings. The first-order valence-corrected chi connectivity index (χ1v) is 9.39. The Labute approximate surface area is 155 Å². The maximum Gasteiger partial charge on any atom is 0.409 e. The van der Waals surface area contributed by atoms with Gasteiger partial charge in [-0.1, -0.05) is 32.0 Å². The summed E-state index contributed by atoms with van der Waals surface area (Å²) < 4.78 is 5.36. The Balaban J connectivity index is 1.60. The molecule has 6 heteroatoms. The number of aromatic nitrogens is 2. The number of fused-ring (bicyclic) bond motifs is 1. The first-order chi connectivity index (χ1) is 12.5. The van der Waals surface area contributed by atoms with Gasteiger partial charge < -0.3 is 9.64 Å². The van der Waals surface area contributed by atoms with Crippen LogP contribution in [0.15, 0.2) is 24.3 Å². The standard InChI is InChI=1S/C20H28N4O2/c1-15(2)14-26-20(25)24-10-6-9-23(11-12-24)13-19-21-16(3)17-7-4-5-8-18(17)22-19/h4-5,7-8,15H,6,9-14H2,1-3H3. The number of rotatable bonds is 4. The van der Waals surface area contributed by atoms with Crippen LogP contribution in [-0.2, 0) is 11.3 Å². The highest BCUT2D eigenvalue weighted by Crippen LogP contribution is 2.16. The molecular weight excluding hydrogens is 328 g/mol. The molecule has 6 nitrogen and oxygen atoms in total. The van der Waals surface area contributed by atoms with Crippen LogP contribution in [0.5, 0.6) is 0 Å². The lowest BCUT2D eigenvalue weighted by Crippen LogP contribution is -2.36. The van der Waals surface area contributed by atoms with Crippen molar-refractivity contribution in [1.82, 2.24) is 19.8 Å². The predicted octanol–water partition coefficient (Wildman–Crippen LogP) is 3.24. The summed E-state index contributed by atoms with van der Waals surface area (Å²) in [5.41, 5.74) is 2.00. The van der Waals surface area contributed by atoms with Crippen LogP contribution >= 0.6 is 0 Å². The minimum absolute atomic E-state index is 0.196. The van der Waals surface area contributed by atoms with Crippen LogP contribution in [0.1, 0.15) is 31.8 Å². The molecule has 1 aromatic heterocycles. The van der Waals surface area contributed by atoms with Crippen molar-refractivity contribution in [3.8, 4) is 0 Å². The van der Waals surface area contributed by atoms with Crippen molar-refractivity contribution in [1.29, 1.82) is 0 Å². The molecule has 0 spiro atoms. The third kappa shape index (κ3) is 4.69. The smallest absolute Gasteiger partial charge is 0.409 e. The topological polar surface area (TPSA) is 58.6 Å². The van der Waals surface area contributed by atoms with Gasteiger partial charge in [0.05, 0.1) is 18.7 Å².